The number of aliphatic hydroxyl groups excluding tert-OH is 1. The van der Waals surface area contributed by atoms with Crippen LogP contribution in [0.2, 0.25) is 0 Å². The van der Waals surface area contributed by atoms with Crippen molar-refractivity contribution < 1.29 is 14.6 Å². The van der Waals surface area contributed by atoms with Crippen molar-refractivity contribution in [1.82, 2.24) is 15.2 Å². The Labute approximate surface area is 174 Å². The number of carbonyl (C=O) groups is 1. The smallest absolute Gasteiger partial charge is 0.259 e. The molecule has 0 aromatic carbocycles. The monoisotopic (exact) mass is 399 g/mol. The van der Waals surface area contributed by atoms with Gasteiger partial charge in [-0.3, -0.25) is 4.79 Å². The quantitative estimate of drug-likeness (QED) is 0.761. The largest absolute Gasteiger partial charge is 0.472 e. The average Bonchev–Trinajstić information content (AvgIpc) is 2.75. The molecule has 0 spiro atoms. The lowest BCUT2D eigenvalue weighted by Crippen LogP contribution is -2.49. The number of hydrogen-bond acceptors (Lipinski definition) is 5. The normalized spacial score (nSPS) is 23.9. The first-order chi connectivity index (χ1) is 14.0. The molecule has 1 aliphatic heterocycles. The van der Waals surface area contributed by atoms with Crippen LogP contribution in [0.1, 0.15) is 61.9 Å². The van der Waals surface area contributed by atoms with Gasteiger partial charge in [0.05, 0.1) is 12.6 Å². The number of aliphatic hydroxyl groups is 1. The van der Waals surface area contributed by atoms with Crippen LogP contribution in [-0.2, 0) is 0 Å². The third kappa shape index (κ3) is 5.29. The third-order valence-corrected chi connectivity index (χ3v) is 5.95. The van der Waals surface area contributed by atoms with Gasteiger partial charge in [-0.25, -0.2) is 4.98 Å². The predicted octanol–water partition coefficient (Wildman–Crippen LogP) is 2.45. The van der Waals surface area contributed by atoms with E-state index in [-0.39, 0.29) is 30.6 Å². The van der Waals surface area contributed by atoms with E-state index in [1.54, 1.807) is 17.2 Å². The molecule has 2 N–H and O–H groups in total. The SMILES string of the molecule is CNC[C@H]1Oc2ncc(C#CC3CCCCC3)cc2C(=O)N([C@@H](C)CO)C[C@H]1C. The summed E-state index contributed by atoms with van der Waals surface area (Å²) >= 11 is 0. The van der Waals surface area contributed by atoms with Crippen LogP contribution >= 0.6 is 0 Å². The van der Waals surface area contributed by atoms with Gasteiger partial charge < -0.3 is 20.1 Å². The summed E-state index contributed by atoms with van der Waals surface area (Å²) in [4.78, 5) is 19.5. The molecule has 1 aromatic heterocycles. The molecule has 29 heavy (non-hydrogen) atoms. The van der Waals surface area contributed by atoms with E-state index in [0.717, 1.165) is 18.4 Å². The van der Waals surface area contributed by atoms with Crippen molar-refractivity contribution in [2.24, 2.45) is 11.8 Å². The number of rotatable bonds is 4. The van der Waals surface area contributed by atoms with Crippen molar-refractivity contribution in [3.8, 4) is 17.7 Å². The lowest BCUT2D eigenvalue weighted by Gasteiger charge is -2.36. The fourth-order valence-corrected chi connectivity index (χ4v) is 4.05. The van der Waals surface area contributed by atoms with Crippen LogP contribution in [0.4, 0.5) is 0 Å². The molecule has 6 nitrogen and oxygen atoms in total. The van der Waals surface area contributed by atoms with Gasteiger partial charge in [0.2, 0.25) is 5.88 Å². The molecule has 1 aliphatic carbocycles. The van der Waals surface area contributed by atoms with E-state index in [9.17, 15) is 9.90 Å². The molecule has 0 radical (unpaired) electrons. The minimum absolute atomic E-state index is 0.0834. The molecular formula is C23H33N3O3. The van der Waals surface area contributed by atoms with Gasteiger partial charge in [0, 0.05) is 36.7 Å². The highest BCUT2D eigenvalue weighted by Crippen LogP contribution is 2.27. The van der Waals surface area contributed by atoms with E-state index in [2.05, 4.69) is 29.1 Å². The molecule has 1 amide bonds. The number of carbonyl (C=O) groups excluding carboxylic acids is 1. The maximum atomic E-state index is 13.3. The highest BCUT2D eigenvalue weighted by Gasteiger charge is 2.33. The lowest BCUT2D eigenvalue weighted by molar-refractivity contribution is 0.0404. The first kappa shape index (κ1) is 21.6. The predicted molar refractivity (Wildman–Crippen MR) is 113 cm³/mol. The van der Waals surface area contributed by atoms with Crippen LogP contribution in [0.3, 0.4) is 0 Å². The van der Waals surface area contributed by atoms with Gasteiger partial charge >= 0.3 is 0 Å². The molecule has 0 saturated heterocycles. The summed E-state index contributed by atoms with van der Waals surface area (Å²) in [6, 6.07) is 1.52. The molecule has 3 atom stereocenters. The van der Waals surface area contributed by atoms with Gasteiger partial charge in [0.1, 0.15) is 11.7 Å². The van der Waals surface area contributed by atoms with Crippen LogP contribution in [0, 0.1) is 23.7 Å². The molecule has 6 heteroatoms. The highest BCUT2D eigenvalue weighted by atomic mass is 16.5. The van der Waals surface area contributed by atoms with Crippen molar-refractivity contribution in [1.29, 1.82) is 0 Å². The Morgan fingerprint density at radius 2 is 2.14 bits per heavy atom. The molecule has 0 unspecified atom stereocenters. The van der Waals surface area contributed by atoms with Crippen LogP contribution in [0.15, 0.2) is 12.3 Å². The van der Waals surface area contributed by atoms with Crippen molar-refractivity contribution in [2.45, 2.75) is 58.1 Å². The molecule has 0 bridgehead atoms. The summed E-state index contributed by atoms with van der Waals surface area (Å²) in [5.41, 5.74) is 1.16. The van der Waals surface area contributed by atoms with E-state index in [1.807, 2.05) is 14.0 Å². The summed E-state index contributed by atoms with van der Waals surface area (Å²) in [7, 11) is 1.88. The zero-order valence-electron chi connectivity index (χ0n) is 17.8. The summed E-state index contributed by atoms with van der Waals surface area (Å²) in [6.07, 6.45) is 7.67. The van der Waals surface area contributed by atoms with Gasteiger partial charge in [-0.15, -0.1) is 0 Å². The van der Waals surface area contributed by atoms with Crippen LogP contribution in [0.25, 0.3) is 0 Å². The summed E-state index contributed by atoms with van der Waals surface area (Å²) < 4.78 is 6.14. The Kier molecular flexibility index (Phi) is 7.51. The first-order valence-electron chi connectivity index (χ1n) is 10.8. The number of pyridine rings is 1. The number of fused-ring (bicyclic) bond motifs is 1. The average molecular weight is 400 g/mol. The number of likely N-dealkylation sites (N-methyl/N-ethyl adjacent to an activating group) is 1. The van der Waals surface area contributed by atoms with Gasteiger partial charge in [0.15, 0.2) is 0 Å². The maximum Gasteiger partial charge on any atom is 0.259 e. The zero-order chi connectivity index (χ0) is 20.8. The fourth-order valence-electron chi connectivity index (χ4n) is 4.05. The van der Waals surface area contributed by atoms with Crippen molar-refractivity contribution >= 4 is 5.91 Å². The number of aromatic nitrogens is 1. The van der Waals surface area contributed by atoms with Gasteiger partial charge in [-0.2, -0.15) is 0 Å². The molecular weight excluding hydrogens is 366 g/mol. The molecule has 3 rings (SSSR count). The maximum absolute atomic E-state index is 13.3. The van der Waals surface area contributed by atoms with Crippen molar-refractivity contribution in [3.05, 3.63) is 23.4 Å². The van der Waals surface area contributed by atoms with Gasteiger partial charge in [0.25, 0.3) is 5.91 Å². The van der Waals surface area contributed by atoms with E-state index in [1.165, 1.54) is 19.3 Å². The summed E-state index contributed by atoms with van der Waals surface area (Å²) in [5, 5.41) is 12.8. The fraction of sp³-hybridized carbons (Fsp3) is 0.652. The van der Waals surface area contributed by atoms with E-state index < -0.39 is 0 Å². The molecule has 2 aliphatic rings. The van der Waals surface area contributed by atoms with E-state index in [0.29, 0.717) is 30.5 Å². The second-order valence-electron chi connectivity index (χ2n) is 8.36. The third-order valence-electron chi connectivity index (χ3n) is 5.95. The minimum atomic E-state index is -0.275. The van der Waals surface area contributed by atoms with Crippen LogP contribution in [0.5, 0.6) is 5.88 Å². The Morgan fingerprint density at radius 3 is 2.83 bits per heavy atom. The number of ether oxygens (including phenoxy) is 1. The Morgan fingerprint density at radius 1 is 1.38 bits per heavy atom. The number of nitrogens with one attached hydrogen (secondary N) is 1. The number of amides is 1. The van der Waals surface area contributed by atoms with Gasteiger partial charge in [-0.1, -0.05) is 38.0 Å². The Bertz CT molecular complexity index is 764. The van der Waals surface area contributed by atoms with E-state index in [4.69, 9.17) is 4.74 Å². The first-order valence-corrected chi connectivity index (χ1v) is 10.8. The lowest BCUT2D eigenvalue weighted by atomic mass is 9.90. The molecule has 2 heterocycles. The standard InChI is InChI=1S/C23H33N3O3/c1-16-14-26(17(2)15-27)23(28)20-11-19(10-9-18-7-5-4-6-8-18)12-25-22(20)29-21(16)13-24-3/h11-12,16-18,21,24,27H,4-8,13-15H2,1-3H3/t16-,17+,21-/m1/s1. The van der Waals surface area contributed by atoms with Crippen LogP contribution < -0.4 is 10.1 Å². The topological polar surface area (TPSA) is 74.7 Å². The highest BCUT2D eigenvalue weighted by molar-refractivity contribution is 5.97. The van der Waals surface area contributed by atoms with E-state index >= 15 is 0 Å². The van der Waals surface area contributed by atoms with Crippen molar-refractivity contribution in [2.75, 3.05) is 26.7 Å². The van der Waals surface area contributed by atoms with Gasteiger partial charge in [-0.05, 0) is 32.9 Å². The molecule has 158 valence electrons. The second kappa shape index (κ2) is 10.1. The summed E-state index contributed by atoms with van der Waals surface area (Å²) in [5.74, 6) is 7.31. The molecule has 1 aromatic rings. The number of nitrogens with zero attached hydrogens (tertiary/aromatic N) is 2. The molecule has 1 fully saturated rings. The number of hydrogen-bond donors (Lipinski definition) is 2. The van der Waals surface area contributed by atoms with Crippen molar-refractivity contribution in [3.63, 3.8) is 0 Å². The Hall–Kier alpha value is -2.10. The Balaban J connectivity index is 1.93. The second-order valence-corrected chi connectivity index (χ2v) is 8.36. The minimum Gasteiger partial charge on any atom is -0.472 e. The zero-order valence-corrected chi connectivity index (χ0v) is 17.8. The van der Waals surface area contributed by atoms with Crippen LogP contribution in [-0.4, -0.2) is 59.8 Å². The summed E-state index contributed by atoms with van der Waals surface area (Å²) in [6.45, 7) is 5.01. The molecule has 1 saturated carbocycles.